The van der Waals surface area contributed by atoms with Crippen LogP contribution in [0.15, 0.2) is 42.9 Å². The summed E-state index contributed by atoms with van der Waals surface area (Å²) in [7, 11) is 3.97. The van der Waals surface area contributed by atoms with Gasteiger partial charge in [-0.05, 0) is 12.1 Å². The van der Waals surface area contributed by atoms with E-state index in [1.807, 2.05) is 54.3 Å². The highest BCUT2D eigenvalue weighted by atomic mass is 15.2. The number of rotatable bonds is 2. The van der Waals surface area contributed by atoms with Crippen LogP contribution >= 0.6 is 0 Å². The van der Waals surface area contributed by atoms with Gasteiger partial charge in [-0.2, -0.15) is 0 Å². The maximum absolute atomic E-state index is 4.28. The number of para-hydroxylation sites is 1. The van der Waals surface area contributed by atoms with Crippen molar-refractivity contribution in [3.63, 3.8) is 0 Å². The van der Waals surface area contributed by atoms with Crippen molar-refractivity contribution in [2.45, 2.75) is 0 Å². The molecule has 1 aromatic carbocycles. The van der Waals surface area contributed by atoms with Crippen LogP contribution in [0.3, 0.4) is 0 Å². The molecule has 0 radical (unpaired) electrons. The van der Waals surface area contributed by atoms with Gasteiger partial charge in [0.05, 0.1) is 6.20 Å². The van der Waals surface area contributed by atoms with Crippen molar-refractivity contribution in [3.05, 3.63) is 42.9 Å². The molecule has 0 saturated carbocycles. The van der Waals surface area contributed by atoms with Crippen LogP contribution in [0.5, 0.6) is 0 Å². The Morgan fingerprint density at radius 2 is 1.86 bits per heavy atom. The summed E-state index contributed by atoms with van der Waals surface area (Å²) in [5, 5.41) is 0. The van der Waals surface area contributed by atoms with Crippen molar-refractivity contribution in [2.24, 2.45) is 0 Å². The lowest BCUT2D eigenvalue weighted by Gasteiger charge is -2.06. The average molecular weight is 187 g/mol. The fourth-order valence-corrected chi connectivity index (χ4v) is 1.28. The molecule has 0 spiro atoms. The first-order valence-corrected chi connectivity index (χ1v) is 4.54. The molecular weight excluding hydrogens is 174 g/mol. The number of hydrogen-bond donors (Lipinski definition) is 0. The zero-order valence-corrected chi connectivity index (χ0v) is 8.38. The number of anilines is 1. The Kier molecular flexibility index (Phi) is 2.23. The topological polar surface area (TPSA) is 21.1 Å². The van der Waals surface area contributed by atoms with Crippen LogP contribution in [0, 0.1) is 0 Å². The van der Waals surface area contributed by atoms with Gasteiger partial charge in [-0.25, -0.2) is 4.98 Å². The first-order valence-electron chi connectivity index (χ1n) is 4.54. The van der Waals surface area contributed by atoms with Crippen LogP contribution < -0.4 is 4.90 Å². The van der Waals surface area contributed by atoms with Gasteiger partial charge in [0.15, 0.2) is 0 Å². The molecule has 2 rings (SSSR count). The largest absolute Gasteiger partial charge is 0.361 e. The summed E-state index contributed by atoms with van der Waals surface area (Å²) in [5.41, 5.74) is 1.13. The first-order chi connectivity index (χ1) is 6.77. The van der Waals surface area contributed by atoms with E-state index in [-0.39, 0.29) is 0 Å². The Balaban J connectivity index is 2.34. The summed E-state index contributed by atoms with van der Waals surface area (Å²) in [6.07, 6.45) is 3.83. The number of nitrogens with zero attached hydrogens (tertiary/aromatic N) is 3. The van der Waals surface area contributed by atoms with Gasteiger partial charge in [0, 0.05) is 19.8 Å². The van der Waals surface area contributed by atoms with Gasteiger partial charge < -0.3 is 9.47 Å². The zero-order chi connectivity index (χ0) is 9.97. The van der Waals surface area contributed by atoms with Crippen LogP contribution in [-0.2, 0) is 0 Å². The van der Waals surface area contributed by atoms with Crippen molar-refractivity contribution in [3.8, 4) is 5.69 Å². The van der Waals surface area contributed by atoms with Gasteiger partial charge >= 0.3 is 0 Å². The lowest BCUT2D eigenvalue weighted by Crippen LogP contribution is -2.08. The highest BCUT2D eigenvalue weighted by Gasteiger charge is 2.00. The van der Waals surface area contributed by atoms with E-state index in [1.165, 1.54) is 0 Å². The van der Waals surface area contributed by atoms with E-state index in [1.54, 1.807) is 0 Å². The second-order valence-electron chi connectivity index (χ2n) is 3.37. The number of imidazole rings is 1. The Hall–Kier alpha value is -1.77. The summed E-state index contributed by atoms with van der Waals surface area (Å²) in [5.74, 6) is 0.967. The normalized spacial score (nSPS) is 10.1. The van der Waals surface area contributed by atoms with Crippen molar-refractivity contribution in [1.29, 1.82) is 0 Å². The minimum atomic E-state index is 0.967. The third-order valence-corrected chi connectivity index (χ3v) is 2.08. The highest BCUT2D eigenvalue weighted by molar-refractivity contribution is 5.39. The molecule has 0 atom stereocenters. The Labute approximate surface area is 83.6 Å². The predicted molar refractivity (Wildman–Crippen MR) is 57.9 cm³/mol. The minimum absolute atomic E-state index is 0.967. The van der Waals surface area contributed by atoms with Crippen molar-refractivity contribution in [2.75, 3.05) is 19.0 Å². The van der Waals surface area contributed by atoms with E-state index >= 15 is 0 Å². The third kappa shape index (κ3) is 1.62. The lowest BCUT2D eigenvalue weighted by atomic mass is 10.3. The van der Waals surface area contributed by atoms with Crippen LogP contribution in [0.4, 0.5) is 5.82 Å². The monoisotopic (exact) mass is 187 g/mol. The Morgan fingerprint density at radius 3 is 2.43 bits per heavy atom. The van der Waals surface area contributed by atoms with Gasteiger partial charge in [-0.15, -0.1) is 0 Å². The molecular formula is C11H13N3. The number of aromatic nitrogens is 2. The first kappa shape index (κ1) is 8.81. The molecule has 0 aliphatic heterocycles. The summed E-state index contributed by atoms with van der Waals surface area (Å²) < 4.78 is 2.01. The zero-order valence-electron chi connectivity index (χ0n) is 8.38. The van der Waals surface area contributed by atoms with Gasteiger partial charge in [0.25, 0.3) is 0 Å². The van der Waals surface area contributed by atoms with Crippen LogP contribution in [-0.4, -0.2) is 23.6 Å². The Bertz CT molecular complexity index is 403. The lowest BCUT2D eigenvalue weighted by molar-refractivity contribution is 1.06. The van der Waals surface area contributed by atoms with Crippen LogP contribution in [0.1, 0.15) is 0 Å². The highest BCUT2D eigenvalue weighted by Crippen LogP contribution is 2.12. The molecule has 0 bridgehead atoms. The molecule has 3 heteroatoms. The molecule has 3 nitrogen and oxygen atoms in total. The van der Waals surface area contributed by atoms with Gasteiger partial charge in [-0.1, -0.05) is 18.2 Å². The smallest absolute Gasteiger partial charge is 0.146 e. The van der Waals surface area contributed by atoms with E-state index in [0.717, 1.165) is 11.5 Å². The maximum Gasteiger partial charge on any atom is 0.146 e. The average Bonchev–Trinajstić information content (AvgIpc) is 2.68. The van der Waals surface area contributed by atoms with Crippen molar-refractivity contribution in [1.82, 2.24) is 9.55 Å². The van der Waals surface area contributed by atoms with Crippen LogP contribution in [0.2, 0.25) is 0 Å². The molecule has 2 aromatic rings. The maximum atomic E-state index is 4.28. The molecule has 14 heavy (non-hydrogen) atoms. The predicted octanol–water partition coefficient (Wildman–Crippen LogP) is 1.94. The quantitative estimate of drug-likeness (QED) is 0.716. The molecule has 0 amide bonds. The summed E-state index contributed by atoms with van der Waals surface area (Å²) in [6, 6.07) is 10.2. The van der Waals surface area contributed by atoms with E-state index in [4.69, 9.17) is 0 Å². The van der Waals surface area contributed by atoms with E-state index in [9.17, 15) is 0 Å². The Morgan fingerprint density at radius 1 is 1.14 bits per heavy atom. The molecule has 0 N–H and O–H groups in total. The fraction of sp³-hybridized carbons (Fsp3) is 0.182. The van der Waals surface area contributed by atoms with Crippen molar-refractivity contribution >= 4 is 5.82 Å². The van der Waals surface area contributed by atoms with E-state index in [2.05, 4.69) is 17.1 Å². The second-order valence-corrected chi connectivity index (χ2v) is 3.37. The molecule has 0 unspecified atom stereocenters. The summed E-state index contributed by atoms with van der Waals surface area (Å²) in [4.78, 5) is 6.27. The van der Waals surface area contributed by atoms with Gasteiger partial charge in [-0.3, -0.25) is 0 Å². The van der Waals surface area contributed by atoms with E-state index in [0.29, 0.717) is 0 Å². The molecule has 0 aliphatic rings. The molecule has 0 fully saturated rings. The fourth-order valence-electron chi connectivity index (χ4n) is 1.28. The second kappa shape index (κ2) is 3.54. The molecule has 1 heterocycles. The van der Waals surface area contributed by atoms with Gasteiger partial charge in [0.1, 0.15) is 12.1 Å². The van der Waals surface area contributed by atoms with E-state index < -0.39 is 0 Å². The third-order valence-electron chi connectivity index (χ3n) is 2.08. The number of benzene rings is 1. The molecule has 0 aliphatic carbocycles. The molecule has 0 saturated heterocycles. The summed E-state index contributed by atoms with van der Waals surface area (Å²) >= 11 is 0. The van der Waals surface area contributed by atoms with Crippen LogP contribution in [0.25, 0.3) is 5.69 Å². The molecule has 1 aromatic heterocycles. The van der Waals surface area contributed by atoms with Crippen molar-refractivity contribution < 1.29 is 0 Å². The standard InChI is InChI=1S/C11H13N3/c1-13(2)11-8-14(9-12-11)10-6-4-3-5-7-10/h3-9H,1-2H3. The molecule has 72 valence electrons. The number of hydrogen-bond acceptors (Lipinski definition) is 2. The van der Waals surface area contributed by atoms with Gasteiger partial charge in [0.2, 0.25) is 0 Å². The minimum Gasteiger partial charge on any atom is -0.361 e. The summed E-state index contributed by atoms with van der Waals surface area (Å²) in [6.45, 7) is 0. The SMILES string of the molecule is CN(C)c1cn(-c2ccccc2)cn1.